The van der Waals surface area contributed by atoms with Gasteiger partial charge in [0, 0.05) is 11.8 Å². The molecule has 0 amide bonds. The predicted octanol–water partition coefficient (Wildman–Crippen LogP) is 3.92. The average Bonchev–Trinajstić information content (AvgIpc) is 2.25. The van der Waals surface area contributed by atoms with Crippen LogP contribution < -0.4 is 0 Å². The Balaban J connectivity index is 2.07. The Bertz CT molecular complexity index is 269. The van der Waals surface area contributed by atoms with Gasteiger partial charge < -0.3 is 0 Å². The molecule has 0 saturated heterocycles. The Hall–Kier alpha value is -0.330. The molecule has 2 aliphatic rings. The Morgan fingerprint density at radius 3 is 2.44 bits per heavy atom. The lowest BCUT2D eigenvalue weighted by Crippen LogP contribution is -2.42. The van der Waals surface area contributed by atoms with E-state index in [0.717, 1.165) is 24.2 Å². The van der Waals surface area contributed by atoms with Crippen molar-refractivity contribution in [1.29, 1.82) is 0 Å². The normalized spacial score (nSPS) is 44.6. The van der Waals surface area contributed by atoms with Crippen LogP contribution in [0, 0.1) is 35.5 Å². The molecule has 2 unspecified atom stereocenters. The smallest absolute Gasteiger partial charge is 0.138 e. The summed E-state index contributed by atoms with van der Waals surface area (Å²) < 4.78 is 0. The number of ketones is 1. The van der Waals surface area contributed by atoms with E-state index < -0.39 is 0 Å². The maximum Gasteiger partial charge on any atom is 0.138 e. The van der Waals surface area contributed by atoms with Crippen molar-refractivity contribution in [3.05, 3.63) is 0 Å². The molecule has 0 aromatic carbocycles. The second-order valence-electron chi connectivity index (χ2n) is 6.57. The van der Waals surface area contributed by atoms with E-state index in [-0.39, 0.29) is 0 Å². The van der Waals surface area contributed by atoms with Crippen molar-refractivity contribution in [3.8, 4) is 0 Å². The minimum atomic E-state index is 0.321. The molecule has 16 heavy (non-hydrogen) atoms. The fourth-order valence-electron chi connectivity index (χ4n) is 4.09. The second kappa shape index (κ2) is 4.50. The maximum absolute atomic E-state index is 12.0. The first-order valence-corrected chi connectivity index (χ1v) is 7.04. The molecule has 2 aliphatic carbocycles. The molecule has 0 aromatic rings. The summed E-state index contributed by atoms with van der Waals surface area (Å²) in [6, 6.07) is 0. The van der Waals surface area contributed by atoms with Crippen LogP contribution in [-0.4, -0.2) is 5.78 Å². The zero-order valence-electron chi connectivity index (χ0n) is 11.2. The van der Waals surface area contributed by atoms with Crippen molar-refractivity contribution < 1.29 is 4.79 Å². The highest BCUT2D eigenvalue weighted by atomic mass is 16.1. The molecule has 0 aromatic heterocycles. The lowest BCUT2D eigenvalue weighted by atomic mass is 9.59. The van der Waals surface area contributed by atoms with Crippen LogP contribution in [0.15, 0.2) is 0 Å². The Labute approximate surface area is 100.0 Å². The number of fused-ring (bicyclic) bond motifs is 1. The maximum atomic E-state index is 12.0. The summed E-state index contributed by atoms with van der Waals surface area (Å²) in [7, 11) is 0. The van der Waals surface area contributed by atoms with E-state index in [9.17, 15) is 4.79 Å². The van der Waals surface area contributed by atoms with Crippen LogP contribution in [0.25, 0.3) is 0 Å². The Morgan fingerprint density at radius 1 is 1.12 bits per heavy atom. The summed E-state index contributed by atoms with van der Waals surface area (Å²) in [5.41, 5.74) is 0. The highest BCUT2D eigenvalue weighted by Gasteiger charge is 2.42. The van der Waals surface area contributed by atoms with Crippen LogP contribution in [0.4, 0.5) is 0 Å². The van der Waals surface area contributed by atoms with Gasteiger partial charge in [-0.05, 0) is 49.4 Å². The van der Waals surface area contributed by atoms with Gasteiger partial charge in [0.25, 0.3) is 0 Å². The summed E-state index contributed by atoms with van der Waals surface area (Å²) in [5, 5.41) is 0. The topological polar surface area (TPSA) is 17.1 Å². The van der Waals surface area contributed by atoms with Gasteiger partial charge in [-0.1, -0.05) is 27.7 Å². The molecule has 0 N–H and O–H groups in total. The first-order valence-electron chi connectivity index (χ1n) is 7.04. The van der Waals surface area contributed by atoms with E-state index in [1.807, 2.05) is 0 Å². The third-order valence-electron chi connectivity index (χ3n) is 5.26. The van der Waals surface area contributed by atoms with Gasteiger partial charge in [0.1, 0.15) is 5.78 Å². The largest absolute Gasteiger partial charge is 0.299 e. The fraction of sp³-hybridized carbons (Fsp3) is 0.933. The van der Waals surface area contributed by atoms with Gasteiger partial charge in [0.2, 0.25) is 0 Å². The molecule has 1 heteroatoms. The molecular formula is C15H26O. The molecule has 0 heterocycles. The lowest BCUT2D eigenvalue weighted by Gasteiger charge is -2.45. The monoisotopic (exact) mass is 222 g/mol. The van der Waals surface area contributed by atoms with Gasteiger partial charge in [0.15, 0.2) is 0 Å². The minimum absolute atomic E-state index is 0.321. The van der Waals surface area contributed by atoms with Gasteiger partial charge in [0.05, 0.1) is 0 Å². The van der Waals surface area contributed by atoms with Gasteiger partial charge in [-0.15, -0.1) is 0 Å². The van der Waals surface area contributed by atoms with Gasteiger partial charge in [-0.3, -0.25) is 4.79 Å². The fourth-order valence-corrected chi connectivity index (χ4v) is 4.09. The van der Waals surface area contributed by atoms with Gasteiger partial charge in [-0.2, -0.15) is 0 Å². The summed E-state index contributed by atoms with van der Waals surface area (Å²) in [6.07, 6.45) is 5.19. The summed E-state index contributed by atoms with van der Waals surface area (Å²) in [6.45, 7) is 9.01. The Kier molecular flexibility index (Phi) is 3.42. The van der Waals surface area contributed by atoms with Crippen LogP contribution in [-0.2, 0) is 4.79 Å². The third-order valence-corrected chi connectivity index (χ3v) is 5.26. The highest BCUT2D eigenvalue weighted by Crippen LogP contribution is 2.47. The van der Waals surface area contributed by atoms with Crippen LogP contribution in [0.2, 0.25) is 0 Å². The zero-order chi connectivity index (χ0) is 11.9. The van der Waals surface area contributed by atoms with E-state index in [4.69, 9.17) is 0 Å². The molecule has 92 valence electrons. The molecule has 1 nitrogen and oxygen atoms in total. The molecule has 0 spiro atoms. The Morgan fingerprint density at radius 2 is 1.81 bits per heavy atom. The SMILES string of the molecule is CC(C)[C@@H]1CCC2C(C1)C[C@H](C)C(=O)[C@H]2C. The average molecular weight is 222 g/mol. The van der Waals surface area contributed by atoms with Crippen LogP contribution >= 0.6 is 0 Å². The number of Topliss-reactive ketones (excluding diaryl/α,β-unsaturated/α-hetero) is 1. The number of carbonyl (C=O) groups excluding carboxylic acids is 1. The molecule has 0 aliphatic heterocycles. The number of hydrogen-bond acceptors (Lipinski definition) is 1. The zero-order valence-corrected chi connectivity index (χ0v) is 11.2. The number of rotatable bonds is 1. The molecule has 2 fully saturated rings. The predicted molar refractivity (Wildman–Crippen MR) is 67.1 cm³/mol. The van der Waals surface area contributed by atoms with E-state index in [1.165, 1.54) is 19.3 Å². The first-order chi connectivity index (χ1) is 7.50. The molecule has 2 rings (SSSR count). The first kappa shape index (κ1) is 12.1. The number of carbonyl (C=O) groups is 1. The summed E-state index contributed by atoms with van der Waals surface area (Å²) in [5.74, 6) is 4.47. The van der Waals surface area contributed by atoms with Crippen molar-refractivity contribution in [2.75, 3.05) is 0 Å². The lowest BCUT2D eigenvalue weighted by molar-refractivity contribution is -0.134. The standard InChI is InChI=1S/C15H26O/c1-9(2)12-5-6-14-11(4)15(16)10(3)7-13(14)8-12/h9-14H,5-8H2,1-4H3/t10-,11-,12+,13?,14?/m0/s1. The van der Waals surface area contributed by atoms with Gasteiger partial charge in [-0.25, -0.2) is 0 Å². The molecule has 0 radical (unpaired) electrons. The summed E-state index contributed by atoms with van der Waals surface area (Å²) >= 11 is 0. The van der Waals surface area contributed by atoms with Crippen LogP contribution in [0.3, 0.4) is 0 Å². The molecule has 5 atom stereocenters. The van der Waals surface area contributed by atoms with Crippen molar-refractivity contribution >= 4 is 5.78 Å². The molecular weight excluding hydrogens is 196 g/mol. The van der Waals surface area contributed by atoms with E-state index in [1.54, 1.807) is 0 Å². The summed E-state index contributed by atoms with van der Waals surface area (Å²) in [4.78, 5) is 12.0. The highest BCUT2D eigenvalue weighted by molar-refractivity contribution is 5.83. The minimum Gasteiger partial charge on any atom is -0.299 e. The van der Waals surface area contributed by atoms with E-state index >= 15 is 0 Å². The van der Waals surface area contributed by atoms with Crippen LogP contribution in [0.1, 0.15) is 53.4 Å². The van der Waals surface area contributed by atoms with E-state index in [0.29, 0.717) is 23.5 Å². The van der Waals surface area contributed by atoms with Crippen molar-refractivity contribution in [3.63, 3.8) is 0 Å². The van der Waals surface area contributed by atoms with Crippen LogP contribution in [0.5, 0.6) is 0 Å². The van der Waals surface area contributed by atoms with Crippen molar-refractivity contribution in [1.82, 2.24) is 0 Å². The van der Waals surface area contributed by atoms with Crippen molar-refractivity contribution in [2.45, 2.75) is 53.4 Å². The van der Waals surface area contributed by atoms with E-state index in [2.05, 4.69) is 27.7 Å². The molecule has 2 saturated carbocycles. The third kappa shape index (κ3) is 2.06. The molecule has 0 bridgehead atoms. The second-order valence-corrected chi connectivity index (χ2v) is 6.57. The van der Waals surface area contributed by atoms with Gasteiger partial charge >= 0.3 is 0 Å². The van der Waals surface area contributed by atoms with Crippen molar-refractivity contribution in [2.24, 2.45) is 35.5 Å². The quantitative estimate of drug-likeness (QED) is 0.657. The number of hydrogen-bond donors (Lipinski definition) is 0.